The Morgan fingerprint density at radius 2 is 2.12 bits per heavy atom. The molecule has 2 amide bonds. The molecule has 1 aromatic heterocycles. The lowest BCUT2D eigenvalue weighted by molar-refractivity contribution is -0.385. The third-order valence-electron chi connectivity index (χ3n) is 4.13. The van der Waals surface area contributed by atoms with Crippen molar-refractivity contribution in [1.82, 2.24) is 10.2 Å². The lowest BCUT2D eigenvalue weighted by Gasteiger charge is -2.17. The summed E-state index contributed by atoms with van der Waals surface area (Å²) in [6.07, 6.45) is 0.532. The summed E-state index contributed by atoms with van der Waals surface area (Å²) in [5.74, 6) is -0.568. The number of likely N-dealkylation sites (tertiary alicyclic amines) is 1. The van der Waals surface area contributed by atoms with E-state index in [0.717, 1.165) is 16.9 Å². The molecular weight excluding hydrogens is 342 g/mol. The average Bonchev–Trinajstić information content (AvgIpc) is 3.13. The van der Waals surface area contributed by atoms with Gasteiger partial charge in [0, 0.05) is 19.2 Å². The van der Waals surface area contributed by atoms with Gasteiger partial charge < -0.3 is 10.2 Å². The third-order valence-corrected chi connectivity index (χ3v) is 5.17. The van der Waals surface area contributed by atoms with Gasteiger partial charge in [0.2, 0.25) is 5.91 Å². The second kappa shape index (κ2) is 7.02. The molecule has 3 rings (SSSR count). The number of benzene rings is 1. The highest BCUT2D eigenvalue weighted by atomic mass is 32.1. The van der Waals surface area contributed by atoms with Crippen LogP contribution in [0.5, 0.6) is 0 Å². The summed E-state index contributed by atoms with van der Waals surface area (Å²) in [6.45, 7) is 2.68. The molecule has 1 saturated heterocycles. The molecule has 0 bridgehead atoms. The first-order valence-corrected chi connectivity index (χ1v) is 8.65. The number of carbonyl (C=O) groups is 2. The van der Waals surface area contributed by atoms with Gasteiger partial charge in [-0.1, -0.05) is 30.3 Å². The summed E-state index contributed by atoms with van der Waals surface area (Å²) < 4.78 is 0. The van der Waals surface area contributed by atoms with Crippen molar-refractivity contribution in [2.24, 2.45) is 0 Å². The quantitative estimate of drug-likeness (QED) is 0.656. The van der Waals surface area contributed by atoms with Gasteiger partial charge in [-0.3, -0.25) is 19.7 Å². The molecule has 1 N–H and O–H groups in total. The van der Waals surface area contributed by atoms with Crippen LogP contribution >= 0.6 is 11.3 Å². The predicted molar refractivity (Wildman–Crippen MR) is 93.4 cm³/mol. The molecule has 0 radical (unpaired) electrons. The van der Waals surface area contributed by atoms with E-state index in [1.807, 2.05) is 30.3 Å². The fourth-order valence-electron chi connectivity index (χ4n) is 2.83. The molecule has 0 unspecified atom stereocenters. The molecule has 8 heteroatoms. The number of nitro groups is 1. The normalized spacial score (nSPS) is 16.9. The molecular formula is C17H17N3O4S. The van der Waals surface area contributed by atoms with Crippen LogP contribution in [0, 0.1) is 17.0 Å². The molecule has 1 aliphatic rings. The van der Waals surface area contributed by atoms with Crippen LogP contribution in [0.15, 0.2) is 36.4 Å². The smallest absolute Gasteiger partial charge is 0.283 e. The standard InChI is InChI=1S/C17H17N3O4S/c1-11-14(20(23)24)9-15(25-11)16(21)18-13-7-8-19(17(13)22)10-12-5-3-2-4-6-12/h2-6,9,13H,7-8,10H2,1H3,(H,18,21)/t13-/m1/s1. The largest absolute Gasteiger partial charge is 0.339 e. The summed E-state index contributed by atoms with van der Waals surface area (Å²) in [7, 11) is 0. The van der Waals surface area contributed by atoms with Crippen molar-refractivity contribution in [1.29, 1.82) is 0 Å². The van der Waals surface area contributed by atoms with E-state index in [2.05, 4.69) is 5.32 Å². The van der Waals surface area contributed by atoms with Gasteiger partial charge in [0.1, 0.15) is 6.04 Å². The Morgan fingerprint density at radius 1 is 1.40 bits per heavy atom. The number of thiophene rings is 1. The van der Waals surface area contributed by atoms with Crippen molar-refractivity contribution in [2.75, 3.05) is 6.54 Å². The number of rotatable bonds is 5. The average molecular weight is 359 g/mol. The van der Waals surface area contributed by atoms with Crippen LogP contribution in [-0.4, -0.2) is 34.2 Å². The topological polar surface area (TPSA) is 92.6 Å². The minimum absolute atomic E-state index is 0.0707. The van der Waals surface area contributed by atoms with Gasteiger partial charge in [-0.2, -0.15) is 0 Å². The molecule has 1 atom stereocenters. The number of hydrogen-bond donors (Lipinski definition) is 1. The molecule has 2 heterocycles. The van der Waals surface area contributed by atoms with Crippen molar-refractivity contribution >= 4 is 28.8 Å². The number of hydrogen-bond acceptors (Lipinski definition) is 5. The van der Waals surface area contributed by atoms with Crippen LogP contribution in [0.2, 0.25) is 0 Å². The van der Waals surface area contributed by atoms with Crippen LogP contribution in [0.3, 0.4) is 0 Å². The highest BCUT2D eigenvalue weighted by molar-refractivity contribution is 7.14. The van der Waals surface area contributed by atoms with Crippen molar-refractivity contribution in [2.45, 2.75) is 25.9 Å². The van der Waals surface area contributed by atoms with Gasteiger partial charge in [-0.05, 0) is 18.9 Å². The first-order chi connectivity index (χ1) is 12.0. The second-order valence-corrected chi connectivity index (χ2v) is 7.13. The maximum absolute atomic E-state index is 12.5. The zero-order valence-corrected chi connectivity index (χ0v) is 14.4. The first kappa shape index (κ1) is 17.1. The Hall–Kier alpha value is -2.74. The Bertz CT molecular complexity index is 819. The molecule has 130 valence electrons. The van der Waals surface area contributed by atoms with Gasteiger partial charge in [-0.25, -0.2) is 0 Å². The fraction of sp³-hybridized carbons (Fsp3) is 0.294. The van der Waals surface area contributed by atoms with Gasteiger partial charge in [0.15, 0.2) is 0 Å². The zero-order valence-electron chi connectivity index (χ0n) is 13.6. The lowest BCUT2D eigenvalue weighted by Crippen LogP contribution is -2.41. The number of nitrogens with zero attached hydrogens (tertiary/aromatic N) is 2. The van der Waals surface area contributed by atoms with E-state index in [-0.39, 0.29) is 16.5 Å². The molecule has 1 aliphatic heterocycles. The monoisotopic (exact) mass is 359 g/mol. The first-order valence-electron chi connectivity index (χ1n) is 7.84. The fourth-order valence-corrected chi connectivity index (χ4v) is 3.72. The molecule has 25 heavy (non-hydrogen) atoms. The van der Waals surface area contributed by atoms with E-state index in [1.54, 1.807) is 11.8 Å². The third kappa shape index (κ3) is 3.69. The summed E-state index contributed by atoms with van der Waals surface area (Å²) in [4.78, 5) is 37.6. The number of aryl methyl sites for hydroxylation is 1. The second-order valence-electron chi connectivity index (χ2n) is 5.87. The molecule has 2 aromatic rings. The van der Waals surface area contributed by atoms with E-state index in [0.29, 0.717) is 24.4 Å². The lowest BCUT2D eigenvalue weighted by atomic mass is 10.2. The zero-order chi connectivity index (χ0) is 18.0. The molecule has 1 fully saturated rings. The highest BCUT2D eigenvalue weighted by Gasteiger charge is 2.33. The van der Waals surface area contributed by atoms with E-state index < -0.39 is 16.9 Å². The van der Waals surface area contributed by atoms with Crippen molar-refractivity contribution in [3.63, 3.8) is 0 Å². The maximum atomic E-state index is 12.5. The van der Waals surface area contributed by atoms with Crippen LogP contribution in [0.25, 0.3) is 0 Å². The van der Waals surface area contributed by atoms with Crippen molar-refractivity contribution in [3.05, 3.63) is 61.8 Å². The van der Waals surface area contributed by atoms with E-state index in [1.165, 1.54) is 6.07 Å². The summed E-state index contributed by atoms with van der Waals surface area (Å²) in [6, 6.07) is 10.3. The maximum Gasteiger partial charge on any atom is 0.283 e. The Morgan fingerprint density at radius 3 is 2.76 bits per heavy atom. The van der Waals surface area contributed by atoms with Crippen molar-refractivity contribution in [3.8, 4) is 0 Å². The number of carbonyl (C=O) groups excluding carboxylic acids is 2. The van der Waals surface area contributed by atoms with Gasteiger partial charge in [0.25, 0.3) is 11.6 Å². The highest BCUT2D eigenvalue weighted by Crippen LogP contribution is 2.28. The molecule has 0 spiro atoms. The van der Waals surface area contributed by atoms with Gasteiger partial charge >= 0.3 is 0 Å². The number of amides is 2. The minimum atomic E-state index is -0.585. The van der Waals surface area contributed by atoms with Crippen LogP contribution in [-0.2, 0) is 11.3 Å². The Balaban J connectivity index is 1.63. The van der Waals surface area contributed by atoms with Crippen LogP contribution in [0.1, 0.15) is 26.5 Å². The molecule has 0 saturated carbocycles. The number of nitrogens with one attached hydrogen (secondary N) is 1. The van der Waals surface area contributed by atoms with Gasteiger partial charge in [0.05, 0.1) is 14.7 Å². The predicted octanol–water partition coefficient (Wildman–Crippen LogP) is 2.50. The Kier molecular flexibility index (Phi) is 4.80. The SMILES string of the molecule is Cc1sc(C(=O)N[C@@H]2CCN(Cc3ccccc3)C2=O)cc1[N+](=O)[O-]. The van der Waals surface area contributed by atoms with Crippen molar-refractivity contribution < 1.29 is 14.5 Å². The van der Waals surface area contributed by atoms with Gasteiger partial charge in [-0.15, -0.1) is 11.3 Å². The Labute approximate surface area is 148 Å². The molecule has 7 nitrogen and oxygen atoms in total. The van der Waals surface area contributed by atoms with E-state index in [4.69, 9.17) is 0 Å². The molecule has 0 aliphatic carbocycles. The minimum Gasteiger partial charge on any atom is -0.339 e. The van der Waals surface area contributed by atoms with Crippen LogP contribution < -0.4 is 5.32 Å². The summed E-state index contributed by atoms with van der Waals surface area (Å²) >= 11 is 1.06. The molecule has 1 aromatic carbocycles. The van der Waals surface area contributed by atoms with E-state index in [9.17, 15) is 19.7 Å². The van der Waals surface area contributed by atoms with E-state index >= 15 is 0 Å². The van der Waals surface area contributed by atoms with Crippen LogP contribution in [0.4, 0.5) is 5.69 Å². The summed E-state index contributed by atoms with van der Waals surface area (Å²) in [5.41, 5.74) is 0.964. The summed E-state index contributed by atoms with van der Waals surface area (Å²) in [5, 5.41) is 13.6.